The molecule has 0 heterocycles. The quantitative estimate of drug-likeness (QED) is 0.271. The van der Waals surface area contributed by atoms with Crippen molar-refractivity contribution < 1.29 is 9.59 Å². The third-order valence-corrected chi connectivity index (χ3v) is 3.77. The molecule has 1 fully saturated rings. The Morgan fingerprint density at radius 2 is 1.68 bits per heavy atom. The molecule has 7 nitrogen and oxygen atoms in total. The summed E-state index contributed by atoms with van der Waals surface area (Å²) in [5.74, 6) is 0.486. The van der Waals surface area contributed by atoms with E-state index in [0.29, 0.717) is 25.0 Å². The van der Waals surface area contributed by atoms with Gasteiger partial charge in [-0.1, -0.05) is 19.3 Å². The standard InChI is InChI=1S/C17H33N5O2.HI/c1-17(2,3)22-15(24)12-20-16(18-4)19-11-10-14(23)21-13-8-6-5-7-9-13;/h13H,5-12H2,1-4H3,(H,21,23)(H,22,24)(H2,18,19,20);1H. The van der Waals surface area contributed by atoms with Crippen LogP contribution >= 0.6 is 24.0 Å². The summed E-state index contributed by atoms with van der Waals surface area (Å²) in [4.78, 5) is 27.7. The van der Waals surface area contributed by atoms with Gasteiger partial charge in [0.15, 0.2) is 5.96 Å². The molecule has 0 radical (unpaired) electrons. The number of carbonyl (C=O) groups excluding carboxylic acids is 2. The molecule has 0 saturated heterocycles. The minimum atomic E-state index is -0.257. The molecule has 2 amide bonds. The Morgan fingerprint density at radius 1 is 1.04 bits per heavy atom. The normalized spacial score (nSPS) is 15.8. The molecule has 0 atom stereocenters. The summed E-state index contributed by atoms with van der Waals surface area (Å²) in [5, 5.41) is 11.9. The summed E-state index contributed by atoms with van der Waals surface area (Å²) in [5.41, 5.74) is -0.257. The van der Waals surface area contributed by atoms with Crippen molar-refractivity contribution in [3.63, 3.8) is 0 Å². The lowest BCUT2D eigenvalue weighted by Crippen LogP contribution is -2.48. The van der Waals surface area contributed by atoms with E-state index in [0.717, 1.165) is 12.8 Å². The summed E-state index contributed by atoms with van der Waals surface area (Å²) in [6.45, 7) is 6.43. The van der Waals surface area contributed by atoms with Crippen LogP contribution in [0.5, 0.6) is 0 Å². The van der Waals surface area contributed by atoms with Gasteiger partial charge in [-0.15, -0.1) is 24.0 Å². The fourth-order valence-corrected chi connectivity index (χ4v) is 2.69. The molecule has 0 aromatic rings. The van der Waals surface area contributed by atoms with E-state index in [1.807, 2.05) is 20.8 Å². The second-order valence-corrected chi connectivity index (χ2v) is 7.30. The van der Waals surface area contributed by atoms with Gasteiger partial charge in [0.05, 0.1) is 6.54 Å². The van der Waals surface area contributed by atoms with Gasteiger partial charge in [0, 0.05) is 31.6 Å². The first-order valence-electron chi connectivity index (χ1n) is 8.85. The van der Waals surface area contributed by atoms with Gasteiger partial charge in [0.25, 0.3) is 0 Å². The second-order valence-electron chi connectivity index (χ2n) is 7.30. The highest BCUT2D eigenvalue weighted by atomic mass is 127. The van der Waals surface area contributed by atoms with Crippen LogP contribution in [0.25, 0.3) is 0 Å². The predicted octanol–water partition coefficient (Wildman–Crippen LogP) is 1.52. The van der Waals surface area contributed by atoms with Crippen molar-refractivity contribution >= 4 is 41.8 Å². The molecular formula is C17H34IN5O2. The summed E-state index contributed by atoms with van der Waals surface area (Å²) >= 11 is 0. The first-order chi connectivity index (χ1) is 11.3. The lowest BCUT2D eigenvalue weighted by Gasteiger charge is -2.23. The van der Waals surface area contributed by atoms with Crippen molar-refractivity contribution in [1.29, 1.82) is 0 Å². The maximum atomic E-state index is 11.9. The van der Waals surface area contributed by atoms with Gasteiger partial charge in [-0.25, -0.2) is 0 Å². The Balaban J connectivity index is 0.00000576. The molecule has 0 bridgehead atoms. The monoisotopic (exact) mass is 467 g/mol. The maximum Gasteiger partial charge on any atom is 0.239 e. The van der Waals surface area contributed by atoms with Crippen molar-refractivity contribution in [2.24, 2.45) is 4.99 Å². The molecule has 0 aromatic carbocycles. The second kappa shape index (κ2) is 12.3. The highest BCUT2D eigenvalue weighted by molar-refractivity contribution is 14.0. The number of guanidine groups is 1. The summed E-state index contributed by atoms with van der Waals surface area (Å²) in [6.07, 6.45) is 6.26. The zero-order valence-corrected chi connectivity index (χ0v) is 18.2. The summed E-state index contributed by atoms with van der Waals surface area (Å²) in [6, 6.07) is 0.338. The number of hydrogen-bond acceptors (Lipinski definition) is 3. The first-order valence-corrected chi connectivity index (χ1v) is 8.85. The Hall–Kier alpha value is -1.06. The van der Waals surface area contributed by atoms with Gasteiger partial charge in [0.2, 0.25) is 11.8 Å². The average molecular weight is 467 g/mol. The van der Waals surface area contributed by atoms with Gasteiger partial charge >= 0.3 is 0 Å². The smallest absolute Gasteiger partial charge is 0.239 e. The number of carbonyl (C=O) groups is 2. The molecule has 0 unspecified atom stereocenters. The van der Waals surface area contributed by atoms with Crippen molar-refractivity contribution in [2.45, 2.75) is 70.9 Å². The van der Waals surface area contributed by atoms with Crippen LogP contribution in [0.4, 0.5) is 0 Å². The van der Waals surface area contributed by atoms with Gasteiger partial charge in [-0.05, 0) is 33.6 Å². The van der Waals surface area contributed by atoms with E-state index < -0.39 is 0 Å². The molecule has 1 aliphatic rings. The van der Waals surface area contributed by atoms with E-state index in [9.17, 15) is 9.59 Å². The van der Waals surface area contributed by atoms with Crippen LogP contribution in [0.1, 0.15) is 59.3 Å². The molecule has 1 aliphatic carbocycles. The van der Waals surface area contributed by atoms with E-state index in [-0.39, 0.29) is 47.9 Å². The van der Waals surface area contributed by atoms with E-state index in [1.165, 1.54) is 19.3 Å². The van der Waals surface area contributed by atoms with Crippen LogP contribution in [-0.2, 0) is 9.59 Å². The Morgan fingerprint density at radius 3 is 2.24 bits per heavy atom. The van der Waals surface area contributed by atoms with Crippen LogP contribution in [-0.4, -0.2) is 49.5 Å². The third-order valence-electron chi connectivity index (χ3n) is 3.77. The van der Waals surface area contributed by atoms with Gasteiger partial charge < -0.3 is 21.3 Å². The Bertz CT molecular complexity index is 443. The van der Waals surface area contributed by atoms with E-state index in [1.54, 1.807) is 7.05 Å². The molecule has 4 N–H and O–H groups in total. The van der Waals surface area contributed by atoms with E-state index >= 15 is 0 Å². The molecule has 1 saturated carbocycles. The van der Waals surface area contributed by atoms with Crippen molar-refractivity contribution in [1.82, 2.24) is 21.3 Å². The number of rotatable bonds is 6. The van der Waals surface area contributed by atoms with Crippen molar-refractivity contribution in [3.05, 3.63) is 0 Å². The maximum absolute atomic E-state index is 11.9. The Labute approximate surface area is 168 Å². The number of halogens is 1. The van der Waals surface area contributed by atoms with Gasteiger partial charge in [-0.2, -0.15) is 0 Å². The molecular weight excluding hydrogens is 433 g/mol. The highest BCUT2D eigenvalue weighted by Crippen LogP contribution is 2.17. The number of hydrogen-bond donors (Lipinski definition) is 4. The van der Waals surface area contributed by atoms with Crippen molar-refractivity contribution in [3.8, 4) is 0 Å². The molecule has 25 heavy (non-hydrogen) atoms. The van der Waals surface area contributed by atoms with Crippen LogP contribution in [0.3, 0.4) is 0 Å². The van der Waals surface area contributed by atoms with Gasteiger partial charge in [0.1, 0.15) is 0 Å². The first kappa shape index (κ1) is 23.9. The molecule has 0 aliphatic heterocycles. The summed E-state index contributed by atoms with van der Waals surface area (Å²) in [7, 11) is 1.64. The third kappa shape index (κ3) is 12.0. The van der Waals surface area contributed by atoms with Gasteiger partial charge in [-0.3, -0.25) is 14.6 Å². The number of aliphatic imine (C=N–C) groups is 1. The molecule has 1 rings (SSSR count). The number of amides is 2. The fourth-order valence-electron chi connectivity index (χ4n) is 2.69. The molecule has 8 heteroatoms. The predicted molar refractivity (Wildman–Crippen MR) is 112 cm³/mol. The lowest BCUT2D eigenvalue weighted by molar-refractivity contribution is -0.122. The largest absolute Gasteiger partial charge is 0.356 e. The number of nitrogens with one attached hydrogen (secondary N) is 4. The zero-order chi connectivity index (χ0) is 18.0. The van der Waals surface area contributed by atoms with E-state index in [4.69, 9.17) is 0 Å². The average Bonchev–Trinajstić information content (AvgIpc) is 2.50. The van der Waals surface area contributed by atoms with Crippen LogP contribution in [0.15, 0.2) is 4.99 Å². The molecule has 0 spiro atoms. The van der Waals surface area contributed by atoms with Crippen LogP contribution < -0.4 is 21.3 Å². The lowest BCUT2D eigenvalue weighted by atomic mass is 9.95. The minimum Gasteiger partial charge on any atom is -0.356 e. The van der Waals surface area contributed by atoms with Crippen LogP contribution in [0, 0.1) is 0 Å². The number of nitrogens with zero attached hydrogens (tertiary/aromatic N) is 1. The van der Waals surface area contributed by atoms with Crippen LogP contribution in [0.2, 0.25) is 0 Å². The van der Waals surface area contributed by atoms with Crippen molar-refractivity contribution in [2.75, 3.05) is 20.1 Å². The molecule has 0 aromatic heterocycles. The van der Waals surface area contributed by atoms with E-state index in [2.05, 4.69) is 26.3 Å². The molecule has 146 valence electrons. The fraction of sp³-hybridized carbons (Fsp3) is 0.824. The minimum absolute atomic E-state index is 0. The Kier molecular flexibility index (Phi) is 11.8. The highest BCUT2D eigenvalue weighted by Gasteiger charge is 2.16. The SMILES string of the molecule is CN=C(NCCC(=O)NC1CCCCC1)NCC(=O)NC(C)(C)C.I. The summed E-state index contributed by atoms with van der Waals surface area (Å²) < 4.78 is 0. The topological polar surface area (TPSA) is 94.6 Å². The zero-order valence-electron chi connectivity index (χ0n) is 15.9.